The average molecular weight is 291 g/mol. The molecule has 8 heavy (non-hydrogen) atoms. The third-order valence-electron chi connectivity index (χ3n) is 0.605. The van der Waals surface area contributed by atoms with Crippen LogP contribution in [0.25, 0.3) is 0 Å². The summed E-state index contributed by atoms with van der Waals surface area (Å²) in [5.41, 5.74) is 0. The summed E-state index contributed by atoms with van der Waals surface area (Å²) in [6.07, 6.45) is 2.11. The van der Waals surface area contributed by atoms with Gasteiger partial charge in [-0.2, -0.15) is 0 Å². The maximum atomic E-state index is 4.84. The molecule has 0 amide bonds. The molecule has 0 aromatic carbocycles. The SMILES string of the molecule is COC/C=C(/I)[Se]C. The van der Waals surface area contributed by atoms with Gasteiger partial charge in [-0.3, -0.25) is 0 Å². The Balaban J connectivity index is 3.26. The van der Waals surface area contributed by atoms with E-state index in [1.165, 1.54) is 2.48 Å². The molecule has 0 rings (SSSR count). The Hall–Kier alpha value is 0.949. The van der Waals surface area contributed by atoms with Crippen molar-refractivity contribution in [2.45, 2.75) is 5.82 Å². The van der Waals surface area contributed by atoms with Crippen LogP contribution >= 0.6 is 22.6 Å². The third-order valence-corrected chi connectivity index (χ3v) is 4.50. The van der Waals surface area contributed by atoms with Crippen molar-refractivity contribution < 1.29 is 4.74 Å². The van der Waals surface area contributed by atoms with Crippen molar-refractivity contribution in [2.24, 2.45) is 0 Å². The monoisotopic (exact) mass is 292 g/mol. The molecule has 0 atom stereocenters. The predicted molar refractivity (Wildman–Crippen MR) is 45.6 cm³/mol. The average Bonchev–Trinajstić information content (AvgIpc) is 1.83. The van der Waals surface area contributed by atoms with Crippen molar-refractivity contribution in [3.8, 4) is 0 Å². The molecule has 0 spiro atoms. The molecule has 0 aromatic rings. The van der Waals surface area contributed by atoms with Gasteiger partial charge in [-0.1, -0.05) is 0 Å². The topological polar surface area (TPSA) is 9.23 Å². The molecule has 0 fully saturated rings. The van der Waals surface area contributed by atoms with Crippen LogP contribution in [0.15, 0.2) is 8.55 Å². The molecule has 0 saturated carbocycles. The molecule has 3 heteroatoms. The molecule has 48 valence electrons. The molecule has 0 heterocycles. The molecule has 0 aromatic heterocycles. The molecule has 0 N–H and O–H groups in total. The predicted octanol–water partition coefficient (Wildman–Crippen LogP) is 1.66. The van der Waals surface area contributed by atoms with Gasteiger partial charge in [0.25, 0.3) is 0 Å². The van der Waals surface area contributed by atoms with Crippen LogP contribution in [-0.2, 0) is 4.74 Å². The Morgan fingerprint density at radius 1 is 1.88 bits per heavy atom. The zero-order valence-electron chi connectivity index (χ0n) is 4.98. The van der Waals surface area contributed by atoms with Crippen molar-refractivity contribution in [3.05, 3.63) is 8.55 Å². The van der Waals surface area contributed by atoms with Crippen LogP contribution in [0.3, 0.4) is 0 Å². The van der Waals surface area contributed by atoms with Gasteiger partial charge in [0.15, 0.2) is 0 Å². The van der Waals surface area contributed by atoms with Crippen LogP contribution in [0.4, 0.5) is 0 Å². The van der Waals surface area contributed by atoms with Gasteiger partial charge in [-0.05, 0) is 0 Å². The summed E-state index contributed by atoms with van der Waals surface area (Å²) in [5.74, 6) is 2.20. The molecule has 0 unspecified atom stereocenters. The van der Waals surface area contributed by atoms with Gasteiger partial charge in [-0.15, -0.1) is 0 Å². The number of ether oxygens (including phenoxy) is 1. The second kappa shape index (κ2) is 6.08. The summed E-state index contributed by atoms with van der Waals surface area (Å²) < 4.78 is 6.27. The fourth-order valence-corrected chi connectivity index (χ4v) is 0.904. The summed E-state index contributed by atoms with van der Waals surface area (Å²) >= 11 is 2.99. The molecule has 0 radical (unpaired) electrons. The molecular formula is C5H9IOSe. The van der Waals surface area contributed by atoms with Crippen LogP contribution in [0.1, 0.15) is 0 Å². The molecule has 0 aliphatic heterocycles. The Morgan fingerprint density at radius 2 is 2.50 bits per heavy atom. The molecule has 0 aliphatic rings. The summed E-state index contributed by atoms with van der Waals surface area (Å²) in [6.45, 7) is 0.758. The fraction of sp³-hybridized carbons (Fsp3) is 0.600. The van der Waals surface area contributed by atoms with E-state index in [-0.39, 0.29) is 0 Å². The number of methoxy groups -OCH3 is 1. The second-order valence-electron chi connectivity index (χ2n) is 1.17. The van der Waals surface area contributed by atoms with Crippen molar-refractivity contribution in [1.29, 1.82) is 0 Å². The summed E-state index contributed by atoms with van der Waals surface area (Å²) in [5, 5.41) is 0. The number of rotatable bonds is 3. The van der Waals surface area contributed by atoms with E-state index in [2.05, 4.69) is 34.5 Å². The maximum absolute atomic E-state index is 4.84. The van der Waals surface area contributed by atoms with E-state index in [0.29, 0.717) is 15.0 Å². The van der Waals surface area contributed by atoms with Crippen LogP contribution in [0.2, 0.25) is 5.82 Å². The Labute approximate surface area is 70.2 Å². The summed E-state index contributed by atoms with van der Waals surface area (Å²) in [6, 6.07) is 0. The van der Waals surface area contributed by atoms with Gasteiger partial charge < -0.3 is 0 Å². The van der Waals surface area contributed by atoms with Crippen molar-refractivity contribution >= 4 is 37.5 Å². The molecule has 0 bridgehead atoms. The van der Waals surface area contributed by atoms with Crippen LogP contribution in [-0.4, -0.2) is 28.7 Å². The summed E-state index contributed by atoms with van der Waals surface area (Å²) in [7, 11) is 1.71. The van der Waals surface area contributed by atoms with Gasteiger partial charge >= 0.3 is 70.4 Å². The minimum atomic E-state index is 0.652. The molecule has 0 aliphatic carbocycles. The normalized spacial score (nSPS) is 12.1. The number of hydrogen-bond donors (Lipinski definition) is 0. The first-order chi connectivity index (χ1) is 3.81. The first-order valence-corrected chi connectivity index (χ1v) is 5.84. The van der Waals surface area contributed by atoms with E-state index < -0.39 is 0 Å². The van der Waals surface area contributed by atoms with Crippen molar-refractivity contribution in [2.75, 3.05) is 13.7 Å². The van der Waals surface area contributed by atoms with Crippen molar-refractivity contribution in [1.82, 2.24) is 0 Å². The number of halogens is 1. The van der Waals surface area contributed by atoms with Gasteiger partial charge in [0, 0.05) is 0 Å². The fourth-order valence-electron chi connectivity index (χ4n) is 0.232. The zero-order chi connectivity index (χ0) is 6.41. The van der Waals surface area contributed by atoms with E-state index in [1.807, 2.05) is 0 Å². The van der Waals surface area contributed by atoms with Crippen LogP contribution in [0.5, 0.6) is 0 Å². The zero-order valence-corrected chi connectivity index (χ0v) is 8.85. The van der Waals surface area contributed by atoms with Gasteiger partial charge in [0.05, 0.1) is 0 Å². The number of hydrogen-bond acceptors (Lipinski definition) is 1. The van der Waals surface area contributed by atoms with E-state index in [9.17, 15) is 0 Å². The first-order valence-electron chi connectivity index (χ1n) is 2.20. The van der Waals surface area contributed by atoms with Crippen LogP contribution in [0, 0.1) is 0 Å². The van der Waals surface area contributed by atoms with E-state index in [1.54, 1.807) is 7.11 Å². The molecule has 0 saturated heterocycles. The second-order valence-corrected chi connectivity index (χ2v) is 5.75. The molecular weight excluding hydrogens is 282 g/mol. The van der Waals surface area contributed by atoms with Gasteiger partial charge in [0.1, 0.15) is 0 Å². The van der Waals surface area contributed by atoms with E-state index in [0.717, 1.165) is 6.61 Å². The van der Waals surface area contributed by atoms with Gasteiger partial charge in [-0.25, -0.2) is 0 Å². The van der Waals surface area contributed by atoms with Crippen molar-refractivity contribution in [3.63, 3.8) is 0 Å². The van der Waals surface area contributed by atoms with Crippen LogP contribution < -0.4 is 0 Å². The standard InChI is InChI=1S/C5H9IOSe/c1-7-4-3-5(6)8-2/h3H,4H2,1-2H3/b5-3-. The quantitative estimate of drug-likeness (QED) is 0.567. The Bertz CT molecular complexity index is 82.5. The van der Waals surface area contributed by atoms with E-state index >= 15 is 0 Å². The Morgan fingerprint density at radius 3 is 2.88 bits per heavy atom. The van der Waals surface area contributed by atoms with E-state index in [4.69, 9.17) is 4.74 Å². The minimum absolute atomic E-state index is 0.652. The molecule has 1 nitrogen and oxygen atoms in total. The third kappa shape index (κ3) is 5.09. The first kappa shape index (κ1) is 8.95. The Kier molecular flexibility index (Phi) is 6.80. The van der Waals surface area contributed by atoms with Gasteiger partial charge in [0.2, 0.25) is 0 Å². The summed E-state index contributed by atoms with van der Waals surface area (Å²) in [4.78, 5) is 0.